The number of imidazole rings is 1. The molecule has 0 fully saturated rings. The van der Waals surface area contributed by atoms with Crippen LogP contribution in [0.4, 0.5) is 5.69 Å². The van der Waals surface area contributed by atoms with Gasteiger partial charge in [-0.05, 0) is 43.0 Å². The number of nitrogens with zero attached hydrogens (tertiary/aromatic N) is 2. The van der Waals surface area contributed by atoms with Crippen LogP contribution in [0.2, 0.25) is 0 Å². The average Bonchev–Trinajstić information content (AvgIpc) is 3.08. The van der Waals surface area contributed by atoms with Crippen molar-refractivity contribution >= 4 is 40.3 Å². The molecule has 0 aliphatic rings. The first kappa shape index (κ1) is 21.9. The molecule has 3 rings (SSSR count). The first-order valence-corrected chi connectivity index (χ1v) is 11.4. The van der Waals surface area contributed by atoms with Crippen LogP contribution in [0.1, 0.15) is 26.1 Å². The molecule has 0 aliphatic carbocycles. The third-order valence-electron chi connectivity index (χ3n) is 4.79. The minimum Gasteiger partial charge on any atom is -0.356 e. The third kappa shape index (κ3) is 5.63. The molecule has 0 saturated carbocycles. The molecule has 3 aromatic rings. The molecule has 0 saturated heterocycles. The topological polar surface area (TPSA) is 76.0 Å². The zero-order chi connectivity index (χ0) is 21.5. The van der Waals surface area contributed by atoms with Crippen molar-refractivity contribution < 1.29 is 9.59 Å². The maximum atomic E-state index is 12.7. The summed E-state index contributed by atoms with van der Waals surface area (Å²) in [6.07, 6.45) is 3.45. The van der Waals surface area contributed by atoms with Crippen LogP contribution in [0, 0.1) is 5.92 Å². The van der Waals surface area contributed by atoms with Gasteiger partial charge in [-0.3, -0.25) is 9.59 Å². The van der Waals surface area contributed by atoms with E-state index in [0.717, 1.165) is 33.9 Å². The second-order valence-corrected chi connectivity index (χ2v) is 8.31. The Morgan fingerprint density at radius 1 is 1.13 bits per heavy atom. The summed E-state index contributed by atoms with van der Waals surface area (Å²) in [5.74, 6) is 0.784. The largest absolute Gasteiger partial charge is 0.356 e. The monoisotopic (exact) mass is 424 g/mol. The van der Waals surface area contributed by atoms with Gasteiger partial charge >= 0.3 is 0 Å². The number of aryl methyl sites for hydroxylation is 1. The molecule has 0 radical (unpaired) electrons. The maximum Gasteiger partial charge on any atom is 0.244 e. The van der Waals surface area contributed by atoms with Crippen LogP contribution >= 0.6 is 11.8 Å². The number of anilines is 1. The Hall–Kier alpha value is -2.80. The molecule has 0 aliphatic heterocycles. The highest BCUT2D eigenvalue weighted by molar-refractivity contribution is 7.98. The number of nitrogens with one attached hydrogen (secondary N) is 2. The zero-order valence-electron chi connectivity index (χ0n) is 17.6. The Morgan fingerprint density at radius 2 is 1.93 bits per heavy atom. The van der Waals surface area contributed by atoms with Gasteiger partial charge in [-0.25, -0.2) is 4.98 Å². The summed E-state index contributed by atoms with van der Waals surface area (Å²) in [5.41, 5.74) is 2.59. The third-order valence-corrected chi connectivity index (χ3v) is 5.51. The fraction of sp³-hybridized carbons (Fsp3) is 0.348. The van der Waals surface area contributed by atoms with Crippen LogP contribution in [0.3, 0.4) is 0 Å². The molecule has 1 aromatic heterocycles. The lowest BCUT2D eigenvalue weighted by atomic mass is 10.2. The summed E-state index contributed by atoms with van der Waals surface area (Å²) in [7, 11) is 0. The minimum absolute atomic E-state index is 0.0251. The number of carbonyl (C=O) groups is 2. The SMILES string of the molecule is CSc1cccc(NC(=O)Cn2c(CCCNC(=O)C(C)C)nc3ccccc32)c1. The summed E-state index contributed by atoms with van der Waals surface area (Å²) in [4.78, 5) is 30.3. The molecule has 0 bridgehead atoms. The van der Waals surface area contributed by atoms with Crippen molar-refractivity contribution in [3.8, 4) is 0 Å². The summed E-state index contributed by atoms with van der Waals surface area (Å²) in [6.45, 7) is 4.54. The van der Waals surface area contributed by atoms with Gasteiger partial charge in [-0.2, -0.15) is 0 Å². The summed E-state index contributed by atoms with van der Waals surface area (Å²) >= 11 is 1.64. The molecule has 2 amide bonds. The van der Waals surface area contributed by atoms with E-state index in [-0.39, 0.29) is 24.3 Å². The van der Waals surface area contributed by atoms with Gasteiger partial charge in [0.1, 0.15) is 12.4 Å². The minimum atomic E-state index is -0.0919. The van der Waals surface area contributed by atoms with Gasteiger partial charge in [0, 0.05) is 29.5 Å². The predicted molar refractivity (Wildman–Crippen MR) is 123 cm³/mol. The quantitative estimate of drug-likeness (QED) is 0.400. The van der Waals surface area contributed by atoms with Crippen molar-refractivity contribution in [2.24, 2.45) is 5.92 Å². The highest BCUT2D eigenvalue weighted by Crippen LogP contribution is 2.20. The van der Waals surface area contributed by atoms with Crippen LogP contribution < -0.4 is 10.6 Å². The van der Waals surface area contributed by atoms with Gasteiger partial charge in [-0.15, -0.1) is 11.8 Å². The number of hydrogen-bond donors (Lipinski definition) is 2. The number of fused-ring (bicyclic) bond motifs is 1. The number of benzene rings is 2. The molecule has 6 nitrogen and oxygen atoms in total. The van der Waals surface area contributed by atoms with E-state index in [1.165, 1.54) is 0 Å². The van der Waals surface area contributed by atoms with Gasteiger partial charge < -0.3 is 15.2 Å². The molecular formula is C23H28N4O2S. The molecule has 7 heteroatoms. The van der Waals surface area contributed by atoms with E-state index >= 15 is 0 Å². The first-order chi connectivity index (χ1) is 14.5. The number of carbonyl (C=O) groups excluding carboxylic acids is 2. The second-order valence-electron chi connectivity index (χ2n) is 7.43. The summed E-state index contributed by atoms with van der Waals surface area (Å²) in [6, 6.07) is 15.6. The van der Waals surface area contributed by atoms with Crippen molar-refractivity contribution in [3.63, 3.8) is 0 Å². The van der Waals surface area contributed by atoms with Crippen molar-refractivity contribution in [2.45, 2.75) is 38.1 Å². The number of amides is 2. The highest BCUT2D eigenvalue weighted by atomic mass is 32.2. The molecule has 0 spiro atoms. The van der Waals surface area contributed by atoms with Gasteiger partial charge in [-0.1, -0.05) is 32.0 Å². The average molecular weight is 425 g/mol. The molecule has 2 N–H and O–H groups in total. The van der Waals surface area contributed by atoms with E-state index in [9.17, 15) is 9.59 Å². The van der Waals surface area contributed by atoms with Crippen LogP contribution in [0.25, 0.3) is 11.0 Å². The highest BCUT2D eigenvalue weighted by Gasteiger charge is 2.14. The molecule has 30 heavy (non-hydrogen) atoms. The van der Waals surface area contributed by atoms with Crippen LogP contribution in [-0.2, 0) is 22.6 Å². The van der Waals surface area contributed by atoms with E-state index < -0.39 is 0 Å². The molecule has 0 unspecified atom stereocenters. The lowest BCUT2D eigenvalue weighted by Gasteiger charge is -2.11. The van der Waals surface area contributed by atoms with Gasteiger partial charge in [0.15, 0.2) is 0 Å². The van der Waals surface area contributed by atoms with Crippen molar-refractivity contribution in [1.29, 1.82) is 0 Å². The van der Waals surface area contributed by atoms with Crippen molar-refractivity contribution in [3.05, 3.63) is 54.4 Å². The van der Waals surface area contributed by atoms with Gasteiger partial charge in [0.2, 0.25) is 11.8 Å². The number of rotatable bonds is 9. The van der Waals surface area contributed by atoms with E-state index in [2.05, 4.69) is 10.6 Å². The Balaban J connectivity index is 1.71. The summed E-state index contributed by atoms with van der Waals surface area (Å²) < 4.78 is 1.97. The first-order valence-electron chi connectivity index (χ1n) is 10.1. The molecule has 158 valence electrons. The number of hydrogen-bond acceptors (Lipinski definition) is 4. The number of thioether (sulfide) groups is 1. The van der Waals surface area contributed by atoms with E-state index in [1.54, 1.807) is 11.8 Å². The predicted octanol–water partition coefficient (Wildman–Crippen LogP) is 4.10. The van der Waals surface area contributed by atoms with Crippen molar-refractivity contribution in [1.82, 2.24) is 14.9 Å². The molecule has 0 atom stereocenters. The van der Waals surface area contributed by atoms with Gasteiger partial charge in [0.05, 0.1) is 11.0 Å². The standard InChI is InChI=1S/C23H28N4O2S/c1-16(2)23(29)24-13-7-12-21-26-19-10-4-5-11-20(19)27(21)15-22(28)25-17-8-6-9-18(14-17)30-3/h4-6,8-11,14,16H,7,12-13,15H2,1-3H3,(H,24,29)(H,25,28). The Labute approximate surface area is 181 Å². The molecule has 2 aromatic carbocycles. The Bertz CT molecular complexity index is 1030. The molecule has 1 heterocycles. The fourth-order valence-electron chi connectivity index (χ4n) is 3.20. The van der Waals surface area contributed by atoms with Crippen LogP contribution in [0.15, 0.2) is 53.4 Å². The number of aromatic nitrogens is 2. The number of para-hydroxylation sites is 2. The Kier molecular flexibility index (Phi) is 7.52. The van der Waals surface area contributed by atoms with E-state index in [1.807, 2.05) is 73.2 Å². The lowest BCUT2D eigenvalue weighted by Crippen LogP contribution is -2.29. The normalized spacial score (nSPS) is 11.1. The van der Waals surface area contributed by atoms with E-state index in [4.69, 9.17) is 4.98 Å². The van der Waals surface area contributed by atoms with Crippen LogP contribution in [0.5, 0.6) is 0 Å². The smallest absolute Gasteiger partial charge is 0.244 e. The maximum absolute atomic E-state index is 12.7. The molecular weight excluding hydrogens is 396 g/mol. The second kappa shape index (κ2) is 10.3. The lowest BCUT2D eigenvalue weighted by molar-refractivity contribution is -0.124. The van der Waals surface area contributed by atoms with Gasteiger partial charge in [0.25, 0.3) is 0 Å². The fourth-order valence-corrected chi connectivity index (χ4v) is 3.66. The van der Waals surface area contributed by atoms with Crippen LogP contribution in [-0.4, -0.2) is 34.2 Å². The summed E-state index contributed by atoms with van der Waals surface area (Å²) in [5, 5.41) is 5.92. The van der Waals surface area contributed by atoms with Crippen molar-refractivity contribution in [2.75, 3.05) is 18.1 Å². The van der Waals surface area contributed by atoms with E-state index in [0.29, 0.717) is 13.0 Å². The Morgan fingerprint density at radius 3 is 2.70 bits per heavy atom. The zero-order valence-corrected chi connectivity index (χ0v) is 18.5.